The first-order valence-corrected chi connectivity index (χ1v) is 12.2. The van der Waals surface area contributed by atoms with Gasteiger partial charge in [-0.3, -0.25) is 0 Å². The molecule has 2 aromatic heterocycles. The van der Waals surface area contributed by atoms with Gasteiger partial charge in [0.05, 0.1) is 0 Å². The minimum atomic E-state index is -4.52. The Balaban J connectivity index is 1.32. The van der Waals surface area contributed by atoms with Crippen LogP contribution in [-0.2, 0) is 6.18 Å². The van der Waals surface area contributed by atoms with Crippen molar-refractivity contribution in [1.29, 1.82) is 0 Å². The van der Waals surface area contributed by atoms with Crippen molar-refractivity contribution in [2.24, 2.45) is 29.6 Å². The number of halogens is 3. The van der Waals surface area contributed by atoms with Gasteiger partial charge in [-0.15, -0.1) is 0 Å². The number of hydrogen-bond acceptors (Lipinski definition) is 6. The van der Waals surface area contributed by atoms with Crippen molar-refractivity contribution < 1.29 is 13.2 Å². The number of hydrogen-bond donors (Lipinski definition) is 2. The molecule has 33 heavy (non-hydrogen) atoms. The smallest absolute Gasteiger partial charge is 0.351 e. The fourth-order valence-electron chi connectivity index (χ4n) is 6.56. The van der Waals surface area contributed by atoms with Crippen LogP contribution in [0, 0.1) is 29.6 Å². The number of rotatable bonds is 6. The SMILES string of the molecule is C[C@@H](Nc1nc(NC2[C@H]3C[C@H]4C[C@H](C3)C[C@H]2C4)nc(-c2cccc(C(F)(F)F)n2)n1)C1CC1. The van der Waals surface area contributed by atoms with Crippen molar-refractivity contribution in [3.8, 4) is 11.5 Å². The van der Waals surface area contributed by atoms with Gasteiger partial charge in [0.15, 0.2) is 5.82 Å². The number of nitrogens with one attached hydrogen (secondary N) is 2. The number of anilines is 2. The Labute approximate surface area is 191 Å². The molecule has 6 nitrogen and oxygen atoms in total. The van der Waals surface area contributed by atoms with Crippen molar-refractivity contribution in [1.82, 2.24) is 19.9 Å². The van der Waals surface area contributed by atoms with E-state index in [1.165, 1.54) is 57.1 Å². The molecule has 0 saturated heterocycles. The number of aromatic nitrogens is 4. The number of pyridine rings is 1. The fraction of sp³-hybridized carbons (Fsp3) is 0.667. The van der Waals surface area contributed by atoms with Gasteiger partial charge in [-0.25, -0.2) is 4.98 Å². The molecule has 0 radical (unpaired) electrons. The monoisotopic (exact) mass is 458 g/mol. The summed E-state index contributed by atoms with van der Waals surface area (Å²) in [6, 6.07) is 4.35. The Morgan fingerprint density at radius 1 is 0.879 bits per heavy atom. The zero-order valence-corrected chi connectivity index (χ0v) is 18.6. The maximum atomic E-state index is 13.2. The van der Waals surface area contributed by atoms with Gasteiger partial charge in [-0.1, -0.05) is 6.07 Å². The largest absolute Gasteiger partial charge is 0.433 e. The zero-order chi connectivity index (χ0) is 22.7. The van der Waals surface area contributed by atoms with Crippen LogP contribution in [0.15, 0.2) is 18.2 Å². The molecule has 0 unspecified atom stereocenters. The van der Waals surface area contributed by atoms with Gasteiger partial charge in [-0.2, -0.15) is 28.1 Å². The Morgan fingerprint density at radius 3 is 2.18 bits per heavy atom. The van der Waals surface area contributed by atoms with E-state index >= 15 is 0 Å². The lowest BCUT2D eigenvalue weighted by Crippen LogP contribution is -2.51. The molecule has 0 amide bonds. The normalized spacial score (nSPS) is 31.5. The third kappa shape index (κ3) is 4.26. The van der Waals surface area contributed by atoms with E-state index in [4.69, 9.17) is 0 Å². The summed E-state index contributed by atoms with van der Waals surface area (Å²) < 4.78 is 39.7. The summed E-state index contributed by atoms with van der Waals surface area (Å²) in [5, 5.41) is 6.93. The lowest BCUT2D eigenvalue weighted by atomic mass is 9.54. The molecule has 7 rings (SSSR count). The fourth-order valence-corrected chi connectivity index (χ4v) is 6.56. The van der Waals surface area contributed by atoms with Crippen LogP contribution >= 0.6 is 0 Å². The summed E-state index contributed by atoms with van der Waals surface area (Å²) in [6.07, 6.45) is 4.20. The van der Waals surface area contributed by atoms with Gasteiger partial charge in [0.1, 0.15) is 11.4 Å². The predicted octanol–water partition coefficient (Wildman–Crippen LogP) is 5.40. The van der Waals surface area contributed by atoms with E-state index in [0.717, 1.165) is 17.9 Å². The maximum Gasteiger partial charge on any atom is 0.433 e. The van der Waals surface area contributed by atoms with Crippen LogP contribution in [0.3, 0.4) is 0 Å². The second-order valence-electron chi connectivity index (χ2n) is 10.6. The third-order valence-electron chi connectivity index (χ3n) is 8.11. The highest BCUT2D eigenvalue weighted by atomic mass is 19.4. The molecule has 176 valence electrons. The highest BCUT2D eigenvalue weighted by Gasteiger charge is 2.48. The summed E-state index contributed by atoms with van der Waals surface area (Å²) >= 11 is 0. The minimum Gasteiger partial charge on any atom is -0.351 e. The maximum absolute atomic E-state index is 13.2. The van der Waals surface area contributed by atoms with Crippen molar-refractivity contribution in [2.75, 3.05) is 10.6 Å². The summed E-state index contributed by atoms with van der Waals surface area (Å²) in [5.74, 6) is 4.51. The molecule has 0 spiro atoms. The standard InChI is InChI=1S/C24H29F3N6/c1-12(15-5-6-15)28-22-31-21(18-3-2-4-19(29-18)24(25,26)27)32-23(33-22)30-20-16-8-13-7-14(10-16)11-17(20)9-13/h2-4,12-17,20H,5-11H2,1H3,(H2,28,30,31,32,33)/t12-,13-,14-,16-,17+,20?/m1/s1. The molecule has 1 atom stereocenters. The van der Waals surface area contributed by atoms with Crippen molar-refractivity contribution in [3.63, 3.8) is 0 Å². The Kier molecular flexibility index (Phi) is 4.99. The van der Waals surface area contributed by atoms with Gasteiger partial charge < -0.3 is 10.6 Å². The molecule has 5 saturated carbocycles. The molecule has 2 heterocycles. The Morgan fingerprint density at radius 2 is 1.55 bits per heavy atom. The second kappa shape index (κ2) is 7.81. The van der Waals surface area contributed by atoms with Crippen LogP contribution < -0.4 is 10.6 Å². The second-order valence-corrected chi connectivity index (χ2v) is 10.6. The molecular weight excluding hydrogens is 429 g/mol. The van der Waals surface area contributed by atoms with Crippen LogP contribution in [0.25, 0.3) is 11.5 Å². The average Bonchev–Trinajstić information content (AvgIpc) is 3.61. The molecule has 9 heteroatoms. The first-order valence-electron chi connectivity index (χ1n) is 12.2. The number of alkyl halides is 3. The molecule has 2 N–H and O–H groups in total. The molecule has 5 aliphatic carbocycles. The molecule has 4 bridgehead atoms. The van der Waals surface area contributed by atoms with Crippen LogP contribution in [0.5, 0.6) is 0 Å². The van der Waals surface area contributed by atoms with Gasteiger partial charge in [-0.05, 0) is 93.6 Å². The average molecular weight is 459 g/mol. The van der Waals surface area contributed by atoms with E-state index in [-0.39, 0.29) is 17.6 Å². The molecular formula is C24H29F3N6. The van der Waals surface area contributed by atoms with Gasteiger partial charge >= 0.3 is 6.18 Å². The summed E-state index contributed by atoms with van der Waals surface area (Å²) in [5.41, 5.74) is -0.848. The molecule has 5 aliphatic rings. The Bertz CT molecular complexity index is 1010. The van der Waals surface area contributed by atoms with Crippen molar-refractivity contribution >= 4 is 11.9 Å². The highest BCUT2D eigenvalue weighted by Crippen LogP contribution is 2.54. The third-order valence-corrected chi connectivity index (χ3v) is 8.11. The lowest BCUT2D eigenvalue weighted by Gasteiger charge is -2.54. The van der Waals surface area contributed by atoms with Crippen molar-refractivity contribution in [3.05, 3.63) is 23.9 Å². The van der Waals surface area contributed by atoms with E-state index < -0.39 is 11.9 Å². The van der Waals surface area contributed by atoms with Gasteiger partial charge in [0.2, 0.25) is 11.9 Å². The predicted molar refractivity (Wildman–Crippen MR) is 118 cm³/mol. The molecule has 2 aromatic rings. The van der Waals surface area contributed by atoms with E-state index in [2.05, 4.69) is 37.5 Å². The van der Waals surface area contributed by atoms with Crippen LogP contribution in [0.1, 0.15) is 57.6 Å². The molecule has 0 aliphatic heterocycles. The first kappa shape index (κ1) is 21.1. The van der Waals surface area contributed by atoms with E-state index in [9.17, 15) is 13.2 Å². The molecule has 0 aromatic carbocycles. The van der Waals surface area contributed by atoms with Gasteiger partial charge in [0, 0.05) is 12.1 Å². The highest BCUT2D eigenvalue weighted by molar-refractivity contribution is 5.54. The topological polar surface area (TPSA) is 75.6 Å². The molecule has 5 fully saturated rings. The Hall–Kier alpha value is -2.45. The first-order chi connectivity index (χ1) is 15.8. The quantitative estimate of drug-likeness (QED) is 0.604. The van der Waals surface area contributed by atoms with Crippen molar-refractivity contribution in [2.45, 2.75) is 70.1 Å². The summed E-state index contributed by atoms with van der Waals surface area (Å²) in [4.78, 5) is 17.4. The van der Waals surface area contributed by atoms with Gasteiger partial charge in [0.25, 0.3) is 0 Å². The van der Waals surface area contributed by atoms with E-state index in [1.807, 2.05) is 0 Å². The summed E-state index contributed by atoms with van der Waals surface area (Å²) in [7, 11) is 0. The minimum absolute atomic E-state index is 0.0995. The zero-order valence-electron chi connectivity index (χ0n) is 18.6. The van der Waals surface area contributed by atoms with E-state index in [1.54, 1.807) is 0 Å². The van der Waals surface area contributed by atoms with Crippen LogP contribution in [0.2, 0.25) is 0 Å². The van der Waals surface area contributed by atoms with Crippen LogP contribution in [-0.4, -0.2) is 32.0 Å². The van der Waals surface area contributed by atoms with Crippen LogP contribution in [0.4, 0.5) is 25.1 Å². The number of nitrogens with zero attached hydrogens (tertiary/aromatic N) is 4. The van der Waals surface area contributed by atoms with E-state index in [0.29, 0.717) is 35.7 Å². The summed E-state index contributed by atoms with van der Waals surface area (Å²) in [6.45, 7) is 2.09. The lowest BCUT2D eigenvalue weighted by molar-refractivity contribution is -0.141.